The second kappa shape index (κ2) is 8.81. The number of hydrogen-bond acceptors (Lipinski definition) is 3. The maximum atomic E-state index is 13.5. The summed E-state index contributed by atoms with van der Waals surface area (Å²) in [7, 11) is -3.55. The molecule has 1 aromatic carbocycles. The van der Waals surface area contributed by atoms with E-state index in [0.29, 0.717) is 17.7 Å². The Morgan fingerprint density at radius 3 is 2.46 bits per heavy atom. The molecule has 142 valence electrons. The molecule has 0 bridgehead atoms. The van der Waals surface area contributed by atoms with E-state index in [9.17, 15) is 13.2 Å². The van der Waals surface area contributed by atoms with Gasteiger partial charge in [-0.2, -0.15) is 0 Å². The average Bonchev–Trinajstić information content (AvgIpc) is 2.62. The van der Waals surface area contributed by atoms with Crippen molar-refractivity contribution in [1.29, 1.82) is 0 Å². The van der Waals surface area contributed by atoms with Crippen molar-refractivity contribution in [3.8, 4) is 0 Å². The van der Waals surface area contributed by atoms with Crippen LogP contribution in [0.4, 0.5) is 0 Å². The third-order valence-corrected chi connectivity index (χ3v) is 7.98. The minimum Gasteiger partial charge on any atom is -0.295 e. The lowest BCUT2D eigenvalue weighted by atomic mass is 9.81. The van der Waals surface area contributed by atoms with Crippen LogP contribution < -0.4 is 0 Å². The van der Waals surface area contributed by atoms with E-state index in [0.717, 1.165) is 25.7 Å². The molecule has 0 aliphatic heterocycles. The van der Waals surface area contributed by atoms with Gasteiger partial charge in [0.05, 0.1) is 9.64 Å². The van der Waals surface area contributed by atoms with Crippen molar-refractivity contribution in [1.82, 2.24) is 0 Å². The van der Waals surface area contributed by atoms with Crippen LogP contribution in [0.3, 0.4) is 0 Å². The summed E-state index contributed by atoms with van der Waals surface area (Å²) < 4.78 is 25.9. The van der Waals surface area contributed by atoms with Crippen LogP contribution in [0.25, 0.3) is 0 Å². The molecule has 0 unspecified atom stereocenters. The highest BCUT2D eigenvalue weighted by molar-refractivity contribution is 7.93. The Kier molecular flexibility index (Phi) is 6.99. The molecule has 0 aromatic heterocycles. The molecule has 1 aliphatic carbocycles. The summed E-state index contributed by atoms with van der Waals surface area (Å²) in [5, 5.41) is 0. The van der Waals surface area contributed by atoms with Crippen molar-refractivity contribution < 1.29 is 13.2 Å². The van der Waals surface area contributed by atoms with Gasteiger partial charge in [-0.05, 0) is 63.7 Å². The maximum absolute atomic E-state index is 13.5. The molecule has 0 spiro atoms. The van der Waals surface area contributed by atoms with Crippen LogP contribution in [-0.2, 0) is 14.6 Å². The Morgan fingerprint density at radius 1 is 1.19 bits per heavy atom. The summed E-state index contributed by atoms with van der Waals surface area (Å²) in [6.07, 6.45) is 9.94. The smallest absolute Gasteiger partial charge is 0.187 e. The number of rotatable bonds is 8. The molecule has 1 aromatic rings. The van der Waals surface area contributed by atoms with Crippen molar-refractivity contribution >= 4 is 15.6 Å². The summed E-state index contributed by atoms with van der Waals surface area (Å²) in [5.41, 5.74) is 1.31. The SMILES string of the molecule is CC(C)=CCCCC[C@@H](C)[C@@]1(S(=O)(=O)c2ccccc2)C=CC(=O)CC1. The largest absolute Gasteiger partial charge is 0.295 e. The highest BCUT2D eigenvalue weighted by atomic mass is 32.2. The molecule has 0 N–H and O–H groups in total. The number of sulfone groups is 1. The van der Waals surface area contributed by atoms with Crippen molar-refractivity contribution in [2.75, 3.05) is 0 Å². The van der Waals surface area contributed by atoms with Gasteiger partial charge in [-0.25, -0.2) is 8.42 Å². The van der Waals surface area contributed by atoms with E-state index < -0.39 is 14.6 Å². The van der Waals surface area contributed by atoms with Gasteiger partial charge in [0.25, 0.3) is 0 Å². The molecule has 0 fully saturated rings. The minimum atomic E-state index is -3.55. The molecule has 1 aliphatic rings. The van der Waals surface area contributed by atoms with Gasteiger partial charge < -0.3 is 0 Å². The van der Waals surface area contributed by atoms with Crippen molar-refractivity contribution in [3.05, 3.63) is 54.1 Å². The maximum Gasteiger partial charge on any atom is 0.187 e. The Morgan fingerprint density at radius 2 is 1.88 bits per heavy atom. The van der Waals surface area contributed by atoms with Crippen LogP contribution >= 0.6 is 0 Å². The van der Waals surface area contributed by atoms with Crippen LogP contribution in [0.15, 0.2) is 59.0 Å². The fraction of sp³-hybridized carbons (Fsp3) is 0.500. The molecule has 0 amide bonds. The van der Waals surface area contributed by atoms with E-state index in [1.165, 1.54) is 11.6 Å². The van der Waals surface area contributed by atoms with Gasteiger partial charge in [0.2, 0.25) is 0 Å². The Bertz CT molecular complexity index is 771. The lowest BCUT2D eigenvalue weighted by molar-refractivity contribution is -0.115. The second-order valence-corrected chi connectivity index (χ2v) is 9.78. The van der Waals surface area contributed by atoms with Gasteiger partial charge >= 0.3 is 0 Å². The van der Waals surface area contributed by atoms with Gasteiger partial charge in [0.15, 0.2) is 15.6 Å². The highest BCUT2D eigenvalue weighted by Crippen LogP contribution is 2.42. The zero-order valence-electron chi connectivity index (χ0n) is 16.1. The van der Waals surface area contributed by atoms with Crippen LogP contribution in [0, 0.1) is 5.92 Å². The number of carbonyl (C=O) groups is 1. The lowest BCUT2D eigenvalue weighted by Crippen LogP contribution is -2.45. The third kappa shape index (κ3) is 4.53. The molecule has 0 saturated carbocycles. The minimum absolute atomic E-state index is 0.0136. The predicted octanol–water partition coefficient (Wildman–Crippen LogP) is 5.28. The molecular weight excluding hydrogens is 344 g/mol. The molecule has 0 saturated heterocycles. The van der Waals surface area contributed by atoms with E-state index in [4.69, 9.17) is 0 Å². The summed E-state index contributed by atoms with van der Waals surface area (Å²) in [6.45, 7) is 6.20. The number of allylic oxidation sites excluding steroid dienone is 3. The van der Waals surface area contributed by atoms with Crippen molar-refractivity contribution in [2.24, 2.45) is 5.92 Å². The number of unbranched alkanes of at least 4 members (excludes halogenated alkanes) is 2. The van der Waals surface area contributed by atoms with E-state index in [1.54, 1.807) is 30.3 Å². The summed E-state index contributed by atoms with van der Waals surface area (Å²) in [5.74, 6) is -0.0246. The monoisotopic (exact) mass is 374 g/mol. The molecule has 2 rings (SSSR count). The quantitative estimate of drug-likeness (QED) is 0.459. The first kappa shape index (κ1) is 20.6. The third-order valence-electron chi connectivity index (χ3n) is 5.35. The highest BCUT2D eigenvalue weighted by Gasteiger charge is 2.47. The number of benzene rings is 1. The van der Waals surface area contributed by atoms with Gasteiger partial charge in [0.1, 0.15) is 0 Å². The molecule has 0 radical (unpaired) electrons. The Balaban J connectivity index is 2.24. The van der Waals surface area contributed by atoms with Gasteiger partial charge in [0, 0.05) is 6.42 Å². The fourth-order valence-corrected chi connectivity index (χ4v) is 5.89. The van der Waals surface area contributed by atoms with E-state index in [1.807, 2.05) is 13.0 Å². The van der Waals surface area contributed by atoms with E-state index >= 15 is 0 Å². The molecule has 3 nitrogen and oxygen atoms in total. The van der Waals surface area contributed by atoms with E-state index in [2.05, 4.69) is 19.9 Å². The summed E-state index contributed by atoms with van der Waals surface area (Å²) in [6, 6.07) is 8.63. The molecule has 26 heavy (non-hydrogen) atoms. The summed E-state index contributed by atoms with van der Waals surface area (Å²) in [4.78, 5) is 12.1. The van der Waals surface area contributed by atoms with Gasteiger partial charge in [-0.3, -0.25) is 4.79 Å². The van der Waals surface area contributed by atoms with E-state index in [-0.39, 0.29) is 11.7 Å². The van der Waals surface area contributed by atoms with Crippen molar-refractivity contribution in [2.45, 2.75) is 68.9 Å². The van der Waals surface area contributed by atoms with Gasteiger partial charge in [-0.1, -0.05) is 49.3 Å². The zero-order valence-corrected chi connectivity index (χ0v) is 16.9. The Hall–Kier alpha value is -1.68. The van der Waals surface area contributed by atoms with Crippen LogP contribution in [0.5, 0.6) is 0 Å². The molecule has 0 heterocycles. The van der Waals surface area contributed by atoms with Crippen LogP contribution in [-0.4, -0.2) is 18.9 Å². The topological polar surface area (TPSA) is 51.2 Å². The molecule has 4 heteroatoms. The normalized spacial score (nSPS) is 21.4. The molecule has 2 atom stereocenters. The van der Waals surface area contributed by atoms with Gasteiger partial charge in [-0.15, -0.1) is 0 Å². The number of hydrogen-bond donors (Lipinski definition) is 0. The number of carbonyl (C=O) groups excluding carboxylic acids is 1. The first-order chi connectivity index (χ1) is 12.3. The average molecular weight is 375 g/mol. The van der Waals surface area contributed by atoms with Crippen LogP contribution in [0.1, 0.15) is 59.3 Å². The predicted molar refractivity (Wildman–Crippen MR) is 107 cm³/mol. The first-order valence-electron chi connectivity index (χ1n) is 9.45. The summed E-state index contributed by atoms with van der Waals surface area (Å²) >= 11 is 0. The van der Waals surface area contributed by atoms with Crippen molar-refractivity contribution in [3.63, 3.8) is 0 Å². The lowest BCUT2D eigenvalue weighted by Gasteiger charge is -2.38. The number of ketones is 1. The Labute approximate surface area is 158 Å². The zero-order chi connectivity index (χ0) is 19.2. The standard InChI is InChI=1S/C22H30O3S/c1-18(2)10-6-4-7-11-19(3)22(16-14-20(23)15-17-22)26(24,25)21-12-8-5-9-13-21/h5,8-10,12-14,16,19H,4,6-7,11,15,17H2,1-3H3/t19-,22-/m1/s1. The van der Waals surface area contributed by atoms with Crippen LogP contribution in [0.2, 0.25) is 0 Å². The first-order valence-corrected chi connectivity index (χ1v) is 10.9. The molecular formula is C22H30O3S. The second-order valence-electron chi connectivity index (χ2n) is 7.54. The fourth-order valence-electron chi connectivity index (χ4n) is 3.67.